The Hall–Kier alpha value is -1.24. The first-order valence-corrected chi connectivity index (χ1v) is 13.2. The molecule has 0 heterocycles. The fourth-order valence-electron chi connectivity index (χ4n) is 2.00. The van der Waals surface area contributed by atoms with Gasteiger partial charge in [-0.3, -0.25) is 4.21 Å². The zero-order chi connectivity index (χ0) is 20.0. The van der Waals surface area contributed by atoms with Crippen LogP contribution >= 0.6 is 0 Å². The molecule has 26 heavy (non-hydrogen) atoms. The van der Waals surface area contributed by atoms with Gasteiger partial charge in [0.1, 0.15) is 0 Å². The highest BCUT2D eigenvalue weighted by molar-refractivity contribution is 7.85. The topological polar surface area (TPSA) is 52.6 Å². The Bertz CT molecular complexity index is 645. The van der Waals surface area contributed by atoms with Crippen molar-refractivity contribution in [3.63, 3.8) is 0 Å². The molecule has 4 nitrogen and oxygen atoms in total. The largest absolute Gasteiger partial charge is 0.463 e. The van der Waals surface area contributed by atoms with Gasteiger partial charge in [0.2, 0.25) is 0 Å². The highest BCUT2D eigenvalue weighted by atomic mass is 32.2. The third-order valence-corrected chi connectivity index (χ3v) is 10.5. The molecule has 0 N–H and O–H groups in total. The molecular formula is C20H32O4SSi. The van der Waals surface area contributed by atoms with Gasteiger partial charge in [0.05, 0.1) is 29.3 Å². The fourth-order valence-corrected chi connectivity index (χ4v) is 4.50. The number of hydrogen-bond acceptors (Lipinski definition) is 4. The van der Waals surface area contributed by atoms with Gasteiger partial charge in [0, 0.05) is 11.0 Å². The summed E-state index contributed by atoms with van der Waals surface area (Å²) in [6.07, 6.45) is 2.67. The van der Waals surface area contributed by atoms with E-state index in [4.69, 9.17) is 9.16 Å². The minimum absolute atomic E-state index is 0.0222. The summed E-state index contributed by atoms with van der Waals surface area (Å²) in [6.45, 7) is 14.8. The molecule has 0 saturated carbocycles. The van der Waals surface area contributed by atoms with Crippen molar-refractivity contribution in [1.82, 2.24) is 0 Å². The predicted molar refractivity (Wildman–Crippen MR) is 110 cm³/mol. The quantitative estimate of drug-likeness (QED) is 0.366. The van der Waals surface area contributed by atoms with Crippen molar-refractivity contribution in [2.75, 3.05) is 12.4 Å². The minimum atomic E-state index is -2.07. The second-order valence-corrected chi connectivity index (χ2v) is 14.1. The van der Waals surface area contributed by atoms with Crippen LogP contribution in [0.4, 0.5) is 0 Å². The van der Waals surface area contributed by atoms with E-state index >= 15 is 0 Å². The summed E-state index contributed by atoms with van der Waals surface area (Å²) in [4.78, 5) is 12.4. The highest BCUT2D eigenvalue weighted by Gasteiger charge is 2.39. The molecule has 6 heteroatoms. The molecule has 0 bridgehead atoms. The molecular weight excluding hydrogens is 364 g/mol. The molecule has 1 unspecified atom stereocenters. The van der Waals surface area contributed by atoms with Crippen LogP contribution in [-0.2, 0) is 24.8 Å². The molecule has 1 aromatic carbocycles. The zero-order valence-corrected chi connectivity index (χ0v) is 18.8. The van der Waals surface area contributed by atoms with Gasteiger partial charge >= 0.3 is 5.97 Å². The lowest BCUT2D eigenvalue weighted by molar-refractivity contribution is -0.137. The Morgan fingerprint density at radius 1 is 1.23 bits per heavy atom. The number of hydrogen-bond donors (Lipinski definition) is 0. The van der Waals surface area contributed by atoms with E-state index < -0.39 is 31.2 Å². The van der Waals surface area contributed by atoms with Gasteiger partial charge in [-0.1, -0.05) is 38.5 Å². The lowest BCUT2D eigenvalue weighted by Gasteiger charge is -2.38. The average Bonchev–Trinajstić information content (AvgIpc) is 2.52. The summed E-state index contributed by atoms with van der Waals surface area (Å²) in [7, 11) is -3.28. The van der Waals surface area contributed by atoms with E-state index in [-0.39, 0.29) is 5.04 Å². The molecule has 2 atom stereocenters. The third-order valence-electron chi connectivity index (χ3n) is 4.59. The number of aryl methyl sites for hydroxylation is 1. The van der Waals surface area contributed by atoms with Crippen molar-refractivity contribution in [2.24, 2.45) is 0 Å². The van der Waals surface area contributed by atoms with Crippen molar-refractivity contribution in [1.29, 1.82) is 0 Å². The second kappa shape index (κ2) is 9.62. The highest BCUT2D eigenvalue weighted by Crippen LogP contribution is 2.37. The molecule has 0 spiro atoms. The number of benzene rings is 1. The number of esters is 1. The van der Waals surface area contributed by atoms with Crippen LogP contribution in [-0.4, -0.2) is 37.0 Å². The van der Waals surface area contributed by atoms with Crippen molar-refractivity contribution < 1.29 is 18.2 Å². The summed E-state index contributed by atoms with van der Waals surface area (Å²) in [6, 6.07) is 7.66. The smallest absolute Gasteiger partial charge is 0.330 e. The first kappa shape index (κ1) is 22.8. The molecule has 0 aromatic heterocycles. The zero-order valence-electron chi connectivity index (χ0n) is 17.0. The van der Waals surface area contributed by atoms with Crippen molar-refractivity contribution in [3.8, 4) is 0 Å². The van der Waals surface area contributed by atoms with E-state index in [1.807, 2.05) is 31.2 Å². The molecule has 0 aliphatic rings. The van der Waals surface area contributed by atoms with E-state index in [9.17, 15) is 9.00 Å². The van der Waals surface area contributed by atoms with Crippen LogP contribution in [0, 0.1) is 6.92 Å². The molecule has 146 valence electrons. The van der Waals surface area contributed by atoms with Crippen molar-refractivity contribution in [2.45, 2.75) is 63.8 Å². The van der Waals surface area contributed by atoms with Crippen LogP contribution in [0.15, 0.2) is 41.3 Å². The summed E-state index contributed by atoms with van der Waals surface area (Å²) in [5.74, 6) is -0.0942. The van der Waals surface area contributed by atoms with E-state index in [0.29, 0.717) is 12.4 Å². The summed E-state index contributed by atoms with van der Waals surface area (Å²) in [5.41, 5.74) is 1.13. The van der Waals surface area contributed by atoms with E-state index in [2.05, 4.69) is 33.9 Å². The lowest BCUT2D eigenvalue weighted by Crippen LogP contribution is -2.44. The second-order valence-electron chi connectivity index (χ2n) is 7.85. The maximum Gasteiger partial charge on any atom is 0.330 e. The normalized spacial score (nSPS) is 15.0. The number of carbonyl (C=O) groups excluding carboxylic acids is 1. The Balaban J connectivity index is 2.97. The molecule has 0 aliphatic carbocycles. The monoisotopic (exact) mass is 396 g/mol. The van der Waals surface area contributed by atoms with Crippen LogP contribution in [0.25, 0.3) is 0 Å². The lowest BCUT2D eigenvalue weighted by atomic mass is 10.2. The van der Waals surface area contributed by atoms with Crippen LogP contribution < -0.4 is 0 Å². The van der Waals surface area contributed by atoms with Gasteiger partial charge in [-0.2, -0.15) is 0 Å². The molecule has 0 amide bonds. The van der Waals surface area contributed by atoms with E-state index in [0.717, 1.165) is 10.5 Å². The van der Waals surface area contributed by atoms with Crippen LogP contribution in [0.2, 0.25) is 18.1 Å². The first-order valence-electron chi connectivity index (χ1n) is 8.94. The molecule has 0 radical (unpaired) electrons. The summed E-state index contributed by atoms with van der Waals surface area (Å²) < 4.78 is 24.1. The van der Waals surface area contributed by atoms with E-state index in [1.54, 1.807) is 13.0 Å². The average molecular weight is 397 g/mol. The van der Waals surface area contributed by atoms with Gasteiger partial charge < -0.3 is 9.16 Å². The van der Waals surface area contributed by atoms with Crippen LogP contribution in [0.3, 0.4) is 0 Å². The fraction of sp³-hybridized carbons (Fsp3) is 0.550. The molecule has 1 rings (SSSR count). The maximum atomic E-state index is 12.8. The molecule has 0 fully saturated rings. The van der Waals surface area contributed by atoms with Gasteiger partial charge in [-0.15, -0.1) is 0 Å². The Kier molecular flexibility index (Phi) is 8.44. The van der Waals surface area contributed by atoms with Crippen LogP contribution in [0.1, 0.15) is 33.3 Å². The SMILES string of the molecule is CCOC(=O)/C=C/[C@@H](CS(=O)c1ccc(C)cc1)O[Si](C)(C)C(C)(C)C. The minimum Gasteiger partial charge on any atom is -0.463 e. The van der Waals surface area contributed by atoms with Gasteiger partial charge in [-0.05, 0) is 50.2 Å². The Morgan fingerprint density at radius 2 is 1.81 bits per heavy atom. The Labute approximate surface area is 161 Å². The van der Waals surface area contributed by atoms with Gasteiger partial charge in [-0.25, -0.2) is 4.79 Å². The first-order chi connectivity index (χ1) is 12.0. The predicted octanol–water partition coefficient (Wildman–Crippen LogP) is 4.61. The van der Waals surface area contributed by atoms with Gasteiger partial charge in [0.15, 0.2) is 8.32 Å². The number of carbonyl (C=O) groups is 1. The summed E-state index contributed by atoms with van der Waals surface area (Å²) in [5, 5.41) is 0.0222. The van der Waals surface area contributed by atoms with Crippen LogP contribution in [0.5, 0.6) is 0 Å². The third kappa shape index (κ3) is 7.17. The van der Waals surface area contributed by atoms with E-state index in [1.165, 1.54) is 6.08 Å². The van der Waals surface area contributed by atoms with Gasteiger partial charge in [0.25, 0.3) is 0 Å². The number of ether oxygens (including phenoxy) is 1. The van der Waals surface area contributed by atoms with Crippen molar-refractivity contribution >= 4 is 25.1 Å². The molecule has 0 saturated heterocycles. The standard InChI is InChI=1S/C20H32O4SSi/c1-8-23-19(21)14-11-17(24-26(6,7)20(3,4)5)15-25(22)18-12-9-16(2)10-13-18/h9-14,17H,8,15H2,1-7H3/b14-11+/t17-,25?/m0/s1. The molecule has 0 aliphatic heterocycles. The maximum absolute atomic E-state index is 12.8. The number of rotatable bonds is 8. The van der Waals surface area contributed by atoms with Crippen molar-refractivity contribution in [3.05, 3.63) is 42.0 Å². The molecule has 1 aromatic rings. The summed E-state index contributed by atoms with van der Waals surface area (Å²) >= 11 is 0. The Morgan fingerprint density at radius 3 is 2.31 bits per heavy atom.